The van der Waals surface area contributed by atoms with Crippen molar-refractivity contribution in [1.29, 1.82) is 0 Å². The van der Waals surface area contributed by atoms with Crippen LogP contribution in [0.4, 0.5) is 4.79 Å². The number of methoxy groups -OCH3 is 1. The van der Waals surface area contributed by atoms with E-state index in [1.807, 2.05) is 24.3 Å². The predicted octanol–water partition coefficient (Wildman–Crippen LogP) is 1.64. The molecule has 0 aliphatic rings. The summed E-state index contributed by atoms with van der Waals surface area (Å²) in [6.07, 6.45) is 3.22. The van der Waals surface area contributed by atoms with Gasteiger partial charge in [-0.1, -0.05) is 12.1 Å². The number of urea groups is 1. The van der Waals surface area contributed by atoms with Crippen LogP contribution in [-0.2, 0) is 20.8 Å². The number of unbranched alkanes of at least 4 members (excludes halogenated alkanes) is 2. The van der Waals surface area contributed by atoms with Crippen LogP contribution in [-0.4, -0.2) is 41.0 Å². The van der Waals surface area contributed by atoms with E-state index in [9.17, 15) is 13.2 Å². The number of carbonyl (C=O) groups excluding carboxylic acids is 1. The topological polar surface area (TPSA) is 93.7 Å². The van der Waals surface area contributed by atoms with Crippen LogP contribution in [0.15, 0.2) is 24.3 Å². The molecule has 0 atom stereocenters. The van der Waals surface area contributed by atoms with E-state index in [1.54, 1.807) is 7.11 Å². The summed E-state index contributed by atoms with van der Waals surface area (Å²) in [5.74, 6) is 0.776. The van der Waals surface area contributed by atoms with Crippen LogP contribution in [0.1, 0.15) is 24.8 Å². The molecule has 0 bridgehead atoms. The highest BCUT2D eigenvalue weighted by molar-refractivity contribution is 7.85. The van der Waals surface area contributed by atoms with Crippen LogP contribution in [0.25, 0.3) is 0 Å². The van der Waals surface area contributed by atoms with Crippen molar-refractivity contribution in [3.63, 3.8) is 0 Å². The van der Waals surface area contributed by atoms with Crippen LogP contribution in [0.3, 0.4) is 0 Å². The van der Waals surface area contributed by atoms with Crippen molar-refractivity contribution >= 4 is 16.1 Å². The molecule has 2 N–H and O–H groups in total. The molecule has 2 amide bonds. The fourth-order valence-electron chi connectivity index (χ4n) is 1.80. The molecule has 0 radical (unpaired) electrons. The Morgan fingerprint density at radius 3 is 2.39 bits per heavy atom. The molecule has 0 unspecified atom stereocenters. The Morgan fingerprint density at radius 1 is 1.09 bits per heavy atom. The van der Waals surface area contributed by atoms with Gasteiger partial charge in [0.15, 0.2) is 0 Å². The number of rotatable bonds is 10. The van der Waals surface area contributed by atoms with Crippen molar-refractivity contribution in [3.05, 3.63) is 29.8 Å². The van der Waals surface area contributed by atoms with Crippen LogP contribution >= 0.6 is 0 Å². The highest BCUT2D eigenvalue weighted by Gasteiger charge is 2.02. The van der Waals surface area contributed by atoms with Gasteiger partial charge in [0.2, 0.25) is 0 Å². The van der Waals surface area contributed by atoms with E-state index >= 15 is 0 Å². The van der Waals surface area contributed by atoms with Crippen LogP contribution in [0.5, 0.6) is 5.75 Å². The molecule has 0 spiro atoms. The third-order valence-electron chi connectivity index (χ3n) is 3.02. The first kappa shape index (κ1) is 19.2. The van der Waals surface area contributed by atoms with Crippen molar-refractivity contribution in [3.8, 4) is 5.75 Å². The largest absolute Gasteiger partial charge is 0.497 e. The Balaban J connectivity index is 2.06. The van der Waals surface area contributed by atoms with Gasteiger partial charge in [0.1, 0.15) is 5.75 Å². The van der Waals surface area contributed by atoms with Crippen molar-refractivity contribution in [2.24, 2.45) is 0 Å². The summed E-state index contributed by atoms with van der Waals surface area (Å²) in [7, 11) is -1.75. The van der Waals surface area contributed by atoms with Crippen molar-refractivity contribution < 1.29 is 22.1 Å². The molecule has 8 heteroatoms. The Labute approximate surface area is 137 Å². The fourth-order valence-corrected chi connectivity index (χ4v) is 2.22. The monoisotopic (exact) mass is 344 g/mol. The van der Waals surface area contributed by atoms with Gasteiger partial charge >= 0.3 is 6.03 Å². The van der Waals surface area contributed by atoms with Gasteiger partial charge in [-0.2, -0.15) is 8.42 Å². The first-order valence-electron chi connectivity index (χ1n) is 7.40. The lowest BCUT2D eigenvalue weighted by Gasteiger charge is -2.08. The lowest BCUT2D eigenvalue weighted by Crippen LogP contribution is -2.35. The minimum Gasteiger partial charge on any atom is -0.497 e. The molecule has 0 saturated carbocycles. The molecule has 1 aromatic rings. The molecular formula is C15H24N2O5S. The van der Waals surface area contributed by atoms with Crippen molar-refractivity contribution in [2.45, 2.75) is 25.8 Å². The molecule has 1 rings (SSSR count). The number of hydrogen-bond donors (Lipinski definition) is 2. The zero-order valence-electron chi connectivity index (χ0n) is 13.5. The Hall–Kier alpha value is -1.80. The van der Waals surface area contributed by atoms with Gasteiger partial charge in [-0.15, -0.1) is 0 Å². The number of hydrogen-bond acceptors (Lipinski definition) is 5. The van der Waals surface area contributed by atoms with Crippen molar-refractivity contribution in [1.82, 2.24) is 10.6 Å². The molecule has 130 valence electrons. The molecule has 0 aliphatic carbocycles. The van der Waals surface area contributed by atoms with Crippen LogP contribution in [0, 0.1) is 0 Å². The molecular weight excluding hydrogens is 320 g/mol. The van der Waals surface area contributed by atoms with E-state index in [2.05, 4.69) is 14.8 Å². The smallest absolute Gasteiger partial charge is 0.315 e. The SMILES string of the molecule is COc1ccc(CNC(=O)NCCCCCOS(C)(=O)=O)cc1. The summed E-state index contributed by atoms with van der Waals surface area (Å²) in [4.78, 5) is 11.6. The molecule has 0 aromatic heterocycles. The number of amides is 2. The van der Waals surface area contributed by atoms with E-state index in [0.717, 1.165) is 30.4 Å². The Bertz CT molecular complexity index is 572. The van der Waals surface area contributed by atoms with Gasteiger partial charge in [0, 0.05) is 13.1 Å². The average molecular weight is 344 g/mol. The first-order valence-corrected chi connectivity index (χ1v) is 9.21. The standard InChI is InChI=1S/C15H24N2O5S/c1-21-14-8-6-13(7-9-14)12-17-15(18)16-10-4-3-5-11-22-23(2,19)20/h6-9H,3-5,10-12H2,1-2H3,(H2,16,17,18). The predicted molar refractivity (Wildman–Crippen MR) is 87.9 cm³/mol. The van der Waals surface area contributed by atoms with E-state index in [-0.39, 0.29) is 12.6 Å². The van der Waals surface area contributed by atoms with Gasteiger partial charge in [-0.3, -0.25) is 4.18 Å². The highest BCUT2D eigenvalue weighted by Crippen LogP contribution is 2.10. The molecule has 0 heterocycles. The van der Waals surface area contributed by atoms with Gasteiger partial charge in [0.05, 0.1) is 20.0 Å². The normalized spacial score (nSPS) is 11.0. The van der Waals surface area contributed by atoms with Gasteiger partial charge < -0.3 is 15.4 Å². The number of ether oxygens (including phenoxy) is 1. The van der Waals surface area contributed by atoms with E-state index in [1.165, 1.54) is 0 Å². The minimum absolute atomic E-state index is 0.183. The average Bonchev–Trinajstić information content (AvgIpc) is 2.51. The van der Waals surface area contributed by atoms with Gasteiger partial charge in [-0.05, 0) is 37.0 Å². The highest BCUT2D eigenvalue weighted by atomic mass is 32.2. The maximum atomic E-state index is 11.6. The van der Waals surface area contributed by atoms with E-state index in [4.69, 9.17) is 4.74 Å². The fraction of sp³-hybridized carbons (Fsp3) is 0.533. The number of nitrogens with one attached hydrogen (secondary N) is 2. The summed E-state index contributed by atoms with van der Waals surface area (Å²) >= 11 is 0. The van der Waals surface area contributed by atoms with Gasteiger partial charge in [-0.25, -0.2) is 4.79 Å². The first-order chi connectivity index (χ1) is 10.9. The third-order valence-corrected chi connectivity index (χ3v) is 3.61. The number of benzene rings is 1. The zero-order chi connectivity index (χ0) is 17.1. The van der Waals surface area contributed by atoms with Gasteiger partial charge in [0.25, 0.3) is 10.1 Å². The maximum Gasteiger partial charge on any atom is 0.315 e. The molecule has 0 fully saturated rings. The summed E-state index contributed by atoms with van der Waals surface area (Å²) in [6.45, 7) is 1.16. The van der Waals surface area contributed by atoms with E-state index < -0.39 is 10.1 Å². The molecule has 23 heavy (non-hydrogen) atoms. The second-order valence-electron chi connectivity index (χ2n) is 5.04. The lowest BCUT2D eigenvalue weighted by molar-refractivity contribution is 0.240. The summed E-state index contributed by atoms with van der Waals surface area (Å²) < 4.78 is 31.2. The second kappa shape index (κ2) is 10.1. The van der Waals surface area contributed by atoms with E-state index in [0.29, 0.717) is 19.5 Å². The zero-order valence-corrected chi connectivity index (χ0v) is 14.3. The molecule has 0 aliphatic heterocycles. The summed E-state index contributed by atoms with van der Waals surface area (Å²) in [6, 6.07) is 7.23. The van der Waals surface area contributed by atoms with Crippen LogP contribution < -0.4 is 15.4 Å². The summed E-state index contributed by atoms with van der Waals surface area (Å²) in [5.41, 5.74) is 0.985. The van der Waals surface area contributed by atoms with Crippen molar-refractivity contribution in [2.75, 3.05) is 26.5 Å². The second-order valence-corrected chi connectivity index (χ2v) is 6.69. The quantitative estimate of drug-likeness (QED) is 0.497. The Kier molecular flexibility index (Phi) is 8.42. The molecule has 0 saturated heterocycles. The molecule has 7 nitrogen and oxygen atoms in total. The maximum absolute atomic E-state index is 11.6. The third kappa shape index (κ3) is 9.75. The number of carbonyl (C=O) groups is 1. The lowest BCUT2D eigenvalue weighted by atomic mass is 10.2. The van der Waals surface area contributed by atoms with Crippen LogP contribution in [0.2, 0.25) is 0 Å². The minimum atomic E-state index is -3.36. The Morgan fingerprint density at radius 2 is 1.78 bits per heavy atom. The molecule has 1 aromatic carbocycles. The summed E-state index contributed by atoms with van der Waals surface area (Å²) in [5, 5.41) is 5.51.